The minimum absolute atomic E-state index is 0.552. The van der Waals surface area contributed by atoms with E-state index in [0.717, 1.165) is 25.3 Å². The third-order valence-corrected chi connectivity index (χ3v) is 4.23. The molecule has 4 nitrogen and oxygen atoms in total. The highest BCUT2D eigenvalue weighted by atomic mass is 16.5. The first kappa shape index (κ1) is 14.9. The second-order valence-corrected chi connectivity index (χ2v) is 5.63. The Kier molecular flexibility index (Phi) is 4.65. The summed E-state index contributed by atoms with van der Waals surface area (Å²) < 4.78 is 5.72. The molecular weight excluding hydrogens is 254 g/mol. The third-order valence-electron chi connectivity index (χ3n) is 4.23. The van der Waals surface area contributed by atoms with E-state index >= 15 is 0 Å². The molecule has 0 radical (unpaired) electrons. The molecule has 1 aromatic rings. The SMILES string of the molecule is CCC1(C(=O)O)CCN(CCOc2cccc(C)c2)C1. The van der Waals surface area contributed by atoms with Crippen molar-refractivity contribution in [3.63, 3.8) is 0 Å². The first-order chi connectivity index (χ1) is 9.55. The van der Waals surface area contributed by atoms with Crippen molar-refractivity contribution in [2.45, 2.75) is 26.7 Å². The van der Waals surface area contributed by atoms with Crippen LogP contribution in [0.15, 0.2) is 24.3 Å². The lowest BCUT2D eigenvalue weighted by atomic mass is 9.84. The van der Waals surface area contributed by atoms with Crippen LogP contribution in [0.25, 0.3) is 0 Å². The highest BCUT2D eigenvalue weighted by molar-refractivity contribution is 5.75. The standard InChI is InChI=1S/C16H23NO3/c1-3-16(15(18)19)7-8-17(12-16)9-10-20-14-6-4-5-13(2)11-14/h4-6,11H,3,7-10,12H2,1-2H3,(H,18,19). The van der Waals surface area contributed by atoms with Gasteiger partial charge >= 0.3 is 5.97 Å². The number of nitrogens with zero attached hydrogens (tertiary/aromatic N) is 1. The van der Waals surface area contributed by atoms with E-state index in [9.17, 15) is 9.90 Å². The number of carbonyl (C=O) groups is 1. The molecule has 4 heteroatoms. The molecule has 0 amide bonds. The summed E-state index contributed by atoms with van der Waals surface area (Å²) in [5.74, 6) is 0.214. The van der Waals surface area contributed by atoms with Gasteiger partial charge in [0.25, 0.3) is 0 Å². The highest BCUT2D eigenvalue weighted by Crippen LogP contribution is 2.33. The zero-order valence-electron chi connectivity index (χ0n) is 12.3. The van der Waals surface area contributed by atoms with Gasteiger partial charge in [0, 0.05) is 13.1 Å². The maximum absolute atomic E-state index is 11.4. The molecule has 0 spiro atoms. The molecule has 1 N–H and O–H groups in total. The van der Waals surface area contributed by atoms with Crippen molar-refractivity contribution in [2.75, 3.05) is 26.2 Å². The second kappa shape index (κ2) is 6.27. The van der Waals surface area contributed by atoms with Gasteiger partial charge in [-0.15, -0.1) is 0 Å². The normalized spacial score (nSPS) is 22.9. The third kappa shape index (κ3) is 3.31. The number of rotatable bonds is 6. The van der Waals surface area contributed by atoms with E-state index < -0.39 is 11.4 Å². The van der Waals surface area contributed by atoms with Crippen molar-refractivity contribution in [1.29, 1.82) is 0 Å². The average Bonchev–Trinajstić information content (AvgIpc) is 2.84. The van der Waals surface area contributed by atoms with Crippen LogP contribution in [0.1, 0.15) is 25.3 Å². The van der Waals surface area contributed by atoms with Gasteiger partial charge in [0.1, 0.15) is 12.4 Å². The largest absolute Gasteiger partial charge is 0.492 e. The van der Waals surface area contributed by atoms with Gasteiger partial charge in [-0.1, -0.05) is 19.1 Å². The van der Waals surface area contributed by atoms with Crippen molar-refractivity contribution < 1.29 is 14.6 Å². The number of likely N-dealkylation sites (tertiary alicyclic amines) is 1. The predicted molar refractivity (Wildman–Crippen MR) is 78.1 cm³/mol. The molecule has 0 bridgehead atoms. The van der Waals surface area contributed by atoms with Crippen LogP contribution in [0.5, 0.6) is 5.75 Å². The van der Waals surface area contributed by atoms with Gasteiger partial charge in [0.15, 0.2) is 0 Å². The average molecular weight is 277 g/mol. The zero-order valence-corrected chi connectivity index (χ0v) is 12.3. The molecule has 0 saturated carbocycles. The molecule has 1 aromatic carbocycles. The van der Waals surface area contributed by atoms with E-state index in [4.69, 9.17) is 4.74 Å². The van der Waals surface area contributed by atoms with E-state index in [-0.39, 0.29) is 0 Å². The van der Waals surface area contributed by atoms with E-state index in [1.54, 1.807) is 0 Å². The quantitative estimate of drug-likeness (QED) is 0.868. The van der Waals surface area contributed by atoms with E-state index in [2.05, 4.69) is 4.90 Å². The van der Waals surface area contributed by atoms with Gasteiger partial charge < -0.3 is 9.84 Å². The fraction of sp³-hybridized carbons (Fsp3) is 0.562. The molecule has 2 rings (SSSR count). The molecule has 0 aromatic heterocycles. The predicted octanol–water partition coefficient (Wildman–Crippen LogP) is 2.56. The lowest BCUT2D eigenvalue weighted by Gasteiger charge is -2.23. The van der Waals surface area contributed by atoms with Crippen molar-refractivity contribution in [1.82, 2.24) is 4.90 Å². The van der Waals surface area contributed by atoms with E-state index in [1.165, 1.54) is 5.56 Å². The molecule has 1 fully saturated rings. The number of aryl methyl sites for hydroxylation is 1. The molecule has 1 atom stereocenters. The van der Waals surface area contributed by atoms with Crippen LogP contribution in [0.3, 0.4) is 0 Å². The highest BCUT2D eigenvalue weighted by Gasteiger charge is 2.42. The Hall–Kier alpha value is -1.55. The Morgan fingerprint density at radius 2 is 2.30 bits per heavy atom. The Labute approximate surface area is 120 Å². The fourth-order valence-corrected chi connectivity index (χ4v) is 2.76. The molecule has 1 aliphatic heterocycles. The lowest BCUT2D eigenvalue weighted by Crippen LogP contribution is -2.35. The summed E-state index contributed by atoms with van der Waals surface area (Å²) in [6, 6.07) is 7.98. The zero-order chi connectivity index (χ0) is 14.6. The molecule has 0 aliphatic carbocycles. The van der Waals surface area contributed by atoms with E-state index in [1.807, 2.05) is 38.1 Å². The Morgan fingerprint density at radius 1 is 1.50 bits per heavy atom. The van der Waals surface area contributed by atoms with Crippen LogP contribution in [-0.2, 0) is 4.79 Å². The number of aliphatic carboxylic acids is 1. The van der Waals surface area contributed by atoms with Crippen LogP contribution in [0, 0.1) is 12.3 Å². The molecule has 1 unspecified atom stereocenters. The number of hydrogen-bond acceptors (Lipinski definition) is 3. The summed E-state index contributed by atoms with van der Waals surface area (Å²) in [6.07, 6.45) is 1.43. The number of ether oxygens (including phenoxy) is 1. The number of carboxylic acids is 1. The van der Waals surface area contributed by atoms with E-state index in [0.29, 0.717) is 19.6 Å². The first-order valence-corrected chi connectivity index (χ1v) is 7.21. The number of hydrogen-bond donors (Lipinski definition) is 1. The van der Waals surface area contributed by atoms with Gasteiger partial charge in [-0.05, 0) is 44.0 Å². The molecule has 1 heterocycles. The molecule has 1 saturated heterocycles. The summed E-state index contributed by atoms with van der Waals surface area (Å²) >= 11 is 0. The van der Waals surface area contributed by atoms with Gasteiger partial charge in [0.2, 0.25) is 0 Å². The molecule has 110 valence electrons. The smallest absolute Gasteiger partial charge is 0.310 e. The topological polar surface area (TPSA) is 49.8 Å². The summed E-state index contributed by atoms with van der Waals surface area (Å²) in [6.45, 7) is 6.86. The molecule has 1 aliphatic rings. The van der Waals surface area contributed by atoms with Crippen molar-refractivity contribution in [2.24, 2.45) is 5.41 Å². The van der Waals surface area contributed by atoms with Gasteiger partial charge in [-0.3, -0.25) is 9.69 Å². The van der Waals surface area contributed by atoms with Gasteiger partial charge in [-0.2, -0.15) is 0 Å². The van der Waals surface area contributed by atoms with Crippen molar-refractivity contribution >= 4 is 5.97 Å². The fourth-order valence-electron chi connectivity index (χ4n) is 2.76. The lowest BCUT2D eigenvalue weighted by molar-refractivity contribution is -0.148. The Balaban J connectivity index is 1.80. The van der Waals surface area contributed by atoms with Crippen LogP contribution in [0.2, 0.25) is 0 Å². The number of carboxylic acid groups (broad SMARTS) is 1. The van der Waals surface area contributed by atoms with Crippen LogP contribution in [0.4, 0.5) is 0 Å². The summed E-state index contributed by atoms with van der Waals surface area (Å²) in [5, 5.41) is 9.36. The minimum atomic E-state index is -0.665. The summed E-state index contributed by atoms with van der Waals surface area (Å²) in [4.78, 5) is 13.6. The van der Waals surface area contributed by atoms with Gasteiger partial charge in [-0.25, -0.2) is 0 Å². The monoisotopic (exact) mass is 277 g/mol. The van der Waals surface area contributed by atoms with Crippen molar-refractivity contribution in [3.05, 3.63) is 29.8 Å². The Morgan fingerprint density at radius 3 is 2.90 bits per heavy atom. The molecule has 20 heavy (non-hydrogen) atoms. The molecular formula is C16H23NO3. The summed E-state index contributed by atoms with van der Waals surface area (Å²) in [7, 11) is 0. The maximum atomic E-state index is 11.4. The minimum Gasteiger partial charge on any atom is -0.492 e. The van der Waals surface area contributed by atoms with Crippen molar-refractivity contribution in [3.8, 4) is 5.75 Å². The van der Waals surface area contributed by atoms with Crippen LogP contribution in [-0.4, -0.2) is 42.2 Å². The summed E-state index contributed by atoms with van der Waals surface area (Å²) in [5.41, 5.74) is 0.628. The van der Waals surface area contributed by atoms with Crippen LogP contribution < -0.4 is 4.74 Å². The van der Waals surface area contributed by atoms with Crippen LogP contribution >= 0.6 is 0 Å². The van der Waals surface area contributed by atoms with Gasteiger partial charge in [0.05, 0.1) is 5.41 Å². The number of benzene rings is 1. The maximum Gasteiger partial charge on any atom is 0.310 e. The second-order valence-electron chi connectivity index (χ2n) is 5.63. The Bertz CT molecular complexity index is 475. The first-order valence-electron chi connectivity index (χ1n) is 7.21.